The van der Waals surface area contributed by atoms with Gasteiger partial charge < -0.3 is 15.5 Å². The minimum atomic E-state index is -3.23. The number of sulfonamides is 1. The van der Waals surface area contributed by atoms with E-state index < -0.39 is 10.0 Å². The van der Waals surface area contributed by atoms with Crippen molar-refractivity contribution < 1.29 is 22.8 Å². The lowest BCUT2D eigenvalue weighted by Crippen LogP contribution is -2.54. The summed E-state index contributed by atoms with van der Waals surface area (Å²) in [6.07, 6.45) is 3.31. The second kappa shape index (κ2) is 10.5. The predicted octanol–water partition coefficient (Wildman–Crippen LogP) is 0.686. The number of rotatable bonds is 6. The lowest BCUT2D eigenvalue weighted by Gasteiger charge is -2.38. The Morgan fingerprint density at radius 1 is 1.20 bits per heavy atom. The fraction of sp³-hybridized carbons (Fsp3) is 0.545. The summed E-state index contributed by atoms with van der Waals surface area (Å²) in [4.78, 5) is 39.7. The Hall–Kier alpha value is -2.70. The number of fused-ring (bicyclic) bond motifs is 1. The summed E-state index contributed by atoms with van der Waals surface area (Å²) < 4.78 is 24.7. The molecule has 0 radical (unpaired) electrons. The maximum Gasteiger partial charge on any atom is 0.262 e. The van der Waals surface area contributed by atoms with Crippen molar-refractivity contribution in [2.75, 3.05) is 44.3 Å². The van der Waals surface area contributed by atoms with Crippen LogP contribution < -0.4 is 10.6 Å². The van der Waals surface area contributed by atoms with Gasteiger partial charge in [0.1, 0.15) is 18.9 Å². The Morgan fingerprint density at radius 2 is 1.94 bits per heavy atom. The average molecular weight is 525 g/mol. The first-order valence-electron chi connectivity index (χ1n) is 11.5. The molecule has 1 atom stereocenters. The van der Waals surface area contributed by atoms with Crippen molar-refractivity contribution in [1.29, 1.82) is 0 Å². The van der Waals surface area contributed by atoms with Gasteiger partial charge in [-0.25, -0.2) is 17.7 Å². The second-order valence-corrected chi connectivity index (χ2v) is 11.5. The van der Waals surface area contributed by atoms with E-state index in [2.05, 4.69) is 15.7 Å². The van der Waals surface area contributed by atoms with E-state index in [1.165, 1.54) is 15.6 Å². The van der Waals surface area contributed by atoms with E-state index in [0.717, 1.165) is 0 Å². The van der Waals surface area contributed by atoms with Gasteiger partial charge in [-0.05, 0) is 37.5 Å². The van der Waals surface area contributed by atoms with Crippen molar-refractivity contribution in [2.45, 2.75) is 31.7 Å². The number of anilines is 1. The first kappa shape index (κ1) is 25.4. The van der Waals surface area contributed by atoms with Gasteiger partial charge in [-0.3, -0.25) is 14.4 Å². The van der Waals surface area contributed by atoms with Crippen LogP contribution in [0.4, 0.5) is 5.69 Å². The van der Waals surface area contributed by atoms with Crippen LogP contribution in [0.1, 0.15) is 25.7 Å². The molecule has 3 aliphatic heterocycles. The van der Waals surface area contributed by atoms with Crippen LogP contribution in [-0.2, 0) is 24.4 Å². The molecule has 35 heavy (non-hydrogen) atoms. The number of nitrogens with one attached hydrogen (secondary N) is 2. The zero-order chi connectivity index (χ0) is 25.2. The van der Waals surface area contributed by atoms with Crippen LogP contribution in [0.15, 0.2) is 29.4 Å². The summed E-state index contributed by atoms with van der Waals surface area (Å²) in [5, 5.41) is 11.8. The normalized spacial score (nSPS) is 21.8. The Balaban J connectivity index is 1.28. The van der Waals surface area contributed by atoms with Gasteiger partial charge in [0.2, 0.25) is 21.8 Å². The third-order valence-corrected chi connectivity index (χ3v) is 7.96. The number of hydrogen-bond donors (Lipinski definition) is 2. The Morgan fingerprint density at radius 3 is 2.63 bits per heavy atom. The van der Waals surface area contributed by atoms with E-state index in [1.54, 1.807) is 29.2 Å². The van der Waals surface area contributed by atoms with Crippen LogP contribution >= 0.6 is 11.6 Å². The minimum Gasteiger partial charge on any atom is -0.352 e. The molecule has 1 aromatic carbocycles. The van der Waals surface area contributed by atoms with E-state index in [4.69, 9.17) is 11.6 Å². The third-order valence-electron chi connectivity index (χ3n) is 6.42. The van der Waals surface area contributed by atoms with Crippen LogP contribution in [-0.4, -0.2) is 91.2 Å². The van der Waals surface area contributed by atoms with Crippen LogP contribution in [0, 0.1) is 5.92 Å². The standard InChI is InChI=1S/C22H29ClN6O5S/c1-35(33,34)28-9-7-17(8-10-28)24-20(30)13-29-21(31)14-27-12-15(5-6-19(27)26-29)22(32)25-18-4-2-3-16(23)11-18/h2-4,11,15,17H,5-10,12-14H2,1H3,(H,24,30)(H,25,32)/t15-/m0/s1. The average Bonchev–Trinajstić information content (AvgIpc) is 2.79. The predicted molar refractivity (Wildman–Crippen MR) is 131 cm³/mol. The van der Waals surface area contributed by atoms with Gasteiger partial charge >= 0.3 is 0 Å². The number of amidine groups is 1. The molecule has 0 bridgehead atoms. The first-order valence-corrected chi connectivity index (χ1v) is 13.7. The molecule has 11 nitrogen and oxygen atoms in total. The molecule has 2 fully saturated rings. The molecule has 1 aromatic rings. The minimum absolute atomic E-state index is 0.0554. The van der Waals surface area contributed by atoms with Gasteiger partial charge in [-0.15, -0.1) is 0 Å². The summed E-state index contributed by atoms with van der Waals surface area (Å²) in [7, 11) is -3.23. The Bertz CT molecular complexity index is 1130. The molecule has 190 valence electrons. The van der Waals surface area contributed by atoms with E-state index in [1.807, 2.05) is 0 Å². The number of hydrazone groups is 1. The highest BCUT2D eigenvalue weighted by molar-refractivity contribution is 7.88. The molecule has 3 heterocycles. The fourth-order valence-electron chi connectivity index (χ4n) is 4.52. The van der Waals surface area contributed by atoms with Gasteiger partial charge in [0.25, 0.3) is 5.91 Å². The first-order chi connectivity index (χ1) is 16.6. The van der Waals surface area contributed by atoms with Crippen molar-refractivity contribution in [3.8, 4) is 0 Å². The Labute approximate surface area is 209 Å². The number of carbonyl (C=O) groups is 3. The molecule has 3 amide bonds. The van der Waals surface area contributed by atoms with E-state index in [9.17, 15) is 22.8 Å². The van der Waals surface area contributed by atoms with E-state index >= 15 is 0 Å². The number of hydrogen-bond acceptors (Lipinski definition) is 7. The van der Waals surface area contributed by atoms with Crippen LogP contribution in [0.5, 0.6) is 0 Å². The van der Waals surface area contributed by atoms with Crippen LogP contribution in [0.2, 0.25) is 5.02 Å². The second-order valence-electron chi connectivity index (χ2n) is 9.09. The molecular weight excluding hydrogens is 496 g/mol. The fourth-order valence-corrected chi connectivity index (χ4v) is 5.59. The molecule has 13 heteroatoms. The molecule has 2 saturated heterocycles. The molecule has 0 aliphatic carbocycles. The summed E-state index contributed by atoms with van der Waals surface area (Å²) in [5.74, 6) is -0.392. The topological polar surface area (TPSA) is 131 Å². The number of piperidine rings is 2. The highest BCUT2D eigenvalue weighted by atomic mass is 35.5. The smallest absolute Gasteiger partial charge is 0.262 e. The summed E-state index contributed by atoms with van der Waals surface area (Å²) in [5.41, 5.74) is 0.621. The van der Waals surface area contributed by atoms with Crippen molar-refractivity contribution in [3.05, 3.63) is 29.3 Å². The molecule has 3 aliphatic rings. The maximum absolute atomic E-state index is 12.7. The van der Waals surface area contributed by atoms with Crippen molar-refractivity contribution in [2.24, 2.45) is 11.0 Å². The van der Waals surface area contributed by atoms with E-state index in [-0.39, 0.29) is 42.8 Å². The number of benzene rings is 1. The molecule has 2 N–H and O–H groups in total. The quantitative estimate of drug-likeness (QED) is 0.562. The van der Waals surface area contributed by atoms with Crippen LogP contribution in [0.3, 0.4) is 0 Å². The van der Waals surface area contributed by atoms with E-state index in [0.29, 0.717) is 61.9 Å². The Kier molecular flexibility index (Phi) is 7.62. The lowest BCUT2D eigenvalue weighted by atomic mass is 9.95. The number of nitrogens with zero attached hydrogens (tertiary/aromatic N) is 4. The number of halogens is 1. The zero-order valence-electron chi connectivity index (χ0n) is 19.4. The van der Waals surface area contributed by atoms with Gasteiger partial charge in [-0.2, -0.15) is 5.10 Å². The zero-order valence-corrected chi connectivity index (χ0v) is 21.0. The molecular formula is C22H29ClN6O5S. The monoisotopic (exact) mass is 524 g/mol. The van der Waals surface area contributed by atoms with Crippen LogP contribution in [0.25, 0.3) is 0 Å². The molecule has 4 rings (SSSR count). The summed E-state index contributed by atoms with van der Waals surface area (Å²) in [6.45, 7) is 0.947. The molecule has 0 aromatic heterocycles. The van der Waals surface area contributed by atoms with Crippen molar-refractivity contribution in [1.82, 2.24) is 19.5 Å². The van der Waals surface area contributed by atoms with Crippen molar-refractivity contribution in [3.63, 3.8) is 0 Å². The van der Waals surface area contributed by atoms with Crippen molar-refractivity contribution >= 4 is 50.9 Å². The summed E-state index contributed by atoms with van der Waals surface area (Å²) in [6, 6.07) is 6.79. The largest absolute Gasteiger partial charge is 0.352 e. The van der Waals surface area contributed by atoms with Gasteiger partial charge in [0, 0.05) is 42.8 Å². The maximum atomic E-state index is 12.7. The summed E-state index contributed by atoms with van der Waals surface area (Å²) >= 11 is 5.98. The lowest BCUT2D eigenvalue weighted by molar-refractivity contribution is -0.138. The highest BCUT2D eigenvalue weighted by Crippen LogP contribution is 2.24. The van der Waals surface area contributed by atoms with Gasteiger partial charge in [-0.1, -0.05) is 17.7 Å². The number of carbonyl (C=O) groups excluding carboxylic acids is 3. The molecule has 0 saturated carbocycles. The third kappa shape index (κ3) is 6.50. The van der Waals surface area contributed by atoms with Gasteiger partial charge in [0.05, 0.1) is 12.2 Å². The highest BCUT2D eigenvalue weighted by Gasteiger charge is 2.35. The van der Waals surface area contributed by atoms with Gasteiger partial charge in [0.15, 0.2) is 0 Å². The molecule has 0 unspecified atom stereocenters. The molecule has 0 spiro atoms. The SMILES string of the molecule is CS(=O)(=O)N1CCC(NC(=O)CN2N=C3CC[C@H](C(=O)Nc4cccc(Cl)c4)CN3CC2=O)CC1. The number of amides is 3.